The summed E-state index contributed by atoms with van der Waals surface area (Å²) in [4.78, 5) is 23.7. The van der Waals surface area contributed by atoms with Crippen molar-refractivity contribution in [3.05, 3.63) is 24.0 Å². The maximum Gasteiger partial charge on any atom is 0.331 e. The van der Waals surface area contributed by atoms with Gasteiger partial charge in [0.2, 0.25) is 0 Å². The number of aromatic nitrogens is 2. The summed E-state index contributed by atoms with van der Waals surface area (Å²) in [6, 6.07) is 1.53. The van der Waals surface area contributed by atoms with Crippen LogP contribution in [0.4, 0.5) is 0 Å². The Balaban J connectivity index is 2.85. The molecule has 1 aromatic heterocycles. The van der Waals surface area contributed by atoms with E-state index in [2.05, 4.69) is 15.5 Å². The Labute approximate surface area is 106 Å². The molecular formula is C12H17N3O3. The SMILES string of the molecule is CCCC(C)(NC(=O)c1ccnnc1)C(=O)OC. The average Bonchev–Trinajstić information content (AvgIpc) is 2.39. The first-order valence-corrected chi connectivity index (χ1v) is 5.71. The Bertz CT molecular complexity index is 422. The molecule has 1 atom stereocenters. The molecule has 0 aliphatic carbocycles. The number of carbonyl (C=O) groups excluding carboxylic acids is 2. The van der Waals surface area contributed by atoms with Crippen LogP contribution in [-0.2, 0) is 9.53 Å². The summed E-state index contributed by atoms with van der Waals surface area (Å²) in [5, 5.41) is 9.89. The van der Waals surface area contributed by atoms with Crippen LogP contribution in [0.3, 0.4) is 0 Å². The monoisotopic (exact) mass is 251 g/mol. The van der Waals surface area contributed by atoms with Crippen LogP contribution in [0.1, 0.15) is 37.0 Å². The molecule has 0 fully saturated rings. The number of ether oxygens (including phenoxy) is 1. The van der Waals surface area contributed by atoms with Gasteiger partial charge in [0.1, 0.15) is 5.54 Å². The molecule has 1 aromatic rings. The van der Waals surface area contributed by atoms with E-state index in [-0.39, 0.29) is 5.91 Å². The number of hydrogen-bond donors (Lipinski definition) is 1. The van der Waals surface area contributed by atoms with Crippen molar-refractivity contribution in [2.45, 2.75) is 32.2 Å². The van der Waals surface area contributed by atoms with Crippen molar-refractivity contribution in [2.75, 3.05) is 7.11 Å². The smallest absolute Gasteiger partial charge is 0.331 e. The van der Waals surface area contributed by atoms with Crippen molar-refractivity contribution in [1.82, 2.24) is 15.5 Å². The quantitative estimate of drug-likeness (QED) is 0.787. The molecule has 1 N–H and O–H groups in total. The zero-order chi connectivity index (χ0) is 13.6. The van der Waals surface area contributed by atoms with Crippen LogP contribution in [0.2, 0.25) is 0 Å². The lowest BCUT2D eigenvalue weighted by Gasteiger charge is -2.27. The van der Waals surface area contributed by atoms with E-state index in [1.54, 1.807) is 6.92 Å². The van der Waals surface area contributed by atoms with Crippen LogP contribution < -0.4 is 5.32 Å². The molecule has 1 unspecified atom stereocenters. The lowest BCUT2D eigenvalue weighted by Crippen LogP contribution is -2.52. The number of methoxy groups -OCH3 is 1. The summed E-state index contributed by atoms with van der Waals surface area (Å²) in [6.07, 6.45) is 4.02. The summed E-state index contributed by atoms with van der Waals surface area (Å²) >= 11 is 0. The number of nitrogens with one attached hydrogen (secondary N) is 1. The highest BCUT2D eigenvalue weighted by atomic mass is 16.5. The lowest BCUT2D eigenvalue weighted by molar-refractivity contribution is -0.147. The van der Waals surface area contributed by atoms with Gasteiger partial charge >= 0.3 is 5.97 Å². The minimum absolute atomic E-state index is 0.358. The highest BCUT2D eigenvalue weighted by Crippen LogP contribution is 2.15. The number of rotatable bonds is 5. The van der Waals surface area contributed by atoms with E-state index < -0.39 is 11.5 Å². The van der Waals surface area contributed by atoms with E-state index in [0.717, 1.165) is 6.42 Å². The molecule has 98 valence electrons. The molecule has 6 heteroatoms. The van der Waals surface area contributed by atoms with Crippen LogP contribution in [0.5, 0.6) is 0 Å². The van der Waals surface area contributed by atoms with Crippen molar-refractivity contribution in [3.8, 4) is 0 Å². The second-order valence-electron chi connectivity index (χ2n) is 4.16. The van der Waals surface area contributed by atoms with Gasteiger partial charge in [0.25, 0.3) is 5.91 Å². The first-order valence-electron chi connectivity index (χ1n) is 5.71. The van der Waals surface area contributed by atoms with E-state index in [0.29, 0.717) is 12.0 Å². The Hall–Kier alpha value is -1.98. The summed E-state index contributed by atoms with van der Waals surface area (Å²) in [6.45, 7) is 3.58. The molecule has 1 heterocycles. The number of carbonyl (C=O) groups is 2. The minimum Gasteiger partial charge on any atom is -0.467 e. The third-order valence-corrected chi connectivity index (χ3v) is 2.62. The third-order valence-electron chi connectivity index (χ3n) is 2.62. The van der Waals surface area contributed by atoms with Gasteiger partial charge in [0.05, 0.1) is 25.1 Å². The molecule has 1 rings (SSSR count). The molecule has 0 radical (unpaired) electrons. The molecule has 0 bridgehead atoms. The number of esters is 1. The van der Waals surface area contributed by atoms with Crippen molar-refractivity contribution >= 4 is 11.9 Å². The number of amides is 1. The molecule has 0 aliphatic rings. The Morgan fingerprint density at radius 1 is 1.44 bits per heavy atom. The zero-order valence-electron chi connectivity index (χ0n) is 10.8. The zero-order valence-corrected chi connectivity index (χ0v) is 10.8. The van der Waals surface area contributed by atoms with Gasteiger partial charge < -0.3 is 10.1 Å². The third kappa shape index (κ3) is 3.26. The molecule has 0 aromatic carbocycles. The van der Waals surface area contributed by atoms with Crippen LogP contribution in [-0.4, -0.2) is 34.7 Å². The fraction of sp³-hybridized carbons (Fsp3) is 0.500. The first kappa shape index (κ1) is 14.1. The van der Waals surface area contributed by atoms with Gasteiger partial charge in [-0.3, -0.25) is 4.79 Å². The Morgan fingerprint density at radius 3 is 2.67 bits per heavy atom. The van der Waals surface area contributed by atoms with Gasteiger partial charge in [-0.2, -0.15) is 10.2 Å². The van der Waals surface area contributed by atoms with Crippen molar-refractivity contribution in [2.24, 2.45) is 0 Å². The van der Waals surface area contributed by atoms with Gasteiger partial charge in [0.15, 0.2) is 0 Å². The molecule has 0 saturated carbocycles. The standard InChI is InChI=1S/C12H17N3O3/c1-4-6-12(2,11(17)18-3)15-10(16)9-5-7-13-14-8-9/h5,7-8H,4,6H2,1-3H3,(H,15,16). The topological polar surface area (TPSA) is 81.2 Å². The highest BCUT2D eigenvalue weighted by Gasteiger charge is 2.35. The van der Waals surface area contributed by atoms with Crippen molar-refractivity contribution in [1.29, 1.82) is 0 Å². The minimum atomic E-state index is -1.02. The van der Waals surface area contributed by atoms with Crippen LogP contribution in [0.25, 0.3) is 0 Å². The predicted molar refractivity (Wildman–Crippen MR) is 64.8 cm³/mol. The molecule has 0 aliphatic heterocycles. The van der Waals surface area contributed by atoms with Crippen LogP contribution in [0.15, 0.2) is 18.5 Å². The first-order chi connectivity index (χ1) is 8.53. The van der Waals surface area contributed by atoms with E-state index in [1.165, 1.54) is 25.6 Å². The van der Waals surface area contributed by atoms with E-state index in [1.807, 2.05) is 6.92 Å². The Kier molecular flexibility index (Phi) is 4.76. The summed E-state index contributed by atoms with van der Waals surface area (Å²) in [5.74, 6) is -0.828. The second-order valence-corrected chi connectivity index (χ2v) is 4.16. The van der Waals surface area contributed by atoms with Crippen LogP contribution in [0, 0.1) is 0 Å². The molecule has 18 heavy (non-hydrogen) atoms. The lowest BCUT2D eigenvalue weighted by atomic mass is 9.96. The van der Waals surface area contributed by atoms with E-state index in [9.17, 15) is 9.59 Å². The number of hydrogen-bond acceptors (Lipinski definition) is 5. The van der Waals surface area contributed by atoms with Gasteiger partial charge in [0, 0.05) is 0 Å². The fourth-order valence-electron chi connectivity index (χ4n) is 1.69. The largest absolute Gasteiger partial charge is 0.467 e. The normalized spacial score (nSPS) is 13.5. The second kappa shape index (κ2) is 6.09. The molecule has 0 saturated heterocycles. The number of nitrogens with zero attached hydrogens (tertiary/aromatic N) is 2. The Morgan fingerprint density at radius 2 is 2.17 bits per heavy atom. The molecular weight excluding hydrogens is 234 g/mol. The van der Waals surface area contributed by atoms with Crippen molar-refractivity contribution in [3.63, 3.8) is 0 Å². The summed E-state index contributed by atoms with van der Waals surface area (Å²) in [7, 11) is 1.30. The van der Waals surface area contributed by atoms with Gasteiger partial charge in [-0.25, -0.2) is 4.79 Å². The summed E-state index contributed by atoms with van der Waals surface area (Å²) < 4.78 is 4.72. The average molecular weight is 251 g/mol. The molecule has 0 spiro atoms. The maximum atomic E-state index is 12.0. The maximum absolute atomic E-state index is 12.0. The highest BCUT2D eigenvalue weighted by molar-refractivity contribution is 5.97. The molecule has 6 nitrogen and oxygen atoms in total. The van der Waals surface area contributed by atoms with Crippen molar-refractivity contribution < 1.29 is 14.3 Å². The predicted octanol–water partition coefficient (Wildman–Crippen LogP) is 0.938. The molecule has 1 amide bonds. The van der Waals surface area contributed by atoms with Gasteiger partial charge in [-0.05, 0) is 19.4 Å². The van der Waals surface area contributed by atoms with E-state index >= 15 is 0 Å². The van der Waals surface area contributed by atoms with E-state index in [4.69, 9.17) is 4.74 Å². The fourth-order valence-corrected chi connectivity index (χ4v) is 1.69. The van der Waals surface area contributed by atoms with Gasteiger partial charge in [-0.1, -0.05) is 13.3 Å². The summed E-state index contributed by atoms with van der Waals surface area (Å²) in [5.41, 5.74) is -0.666. The van der Waals surface area contributed by atoms with Gasteiger partial charge in [-0.15, -0.1) is 0 Å². The van der Waals surface area contributed by atoms with Crippen LogP contribution >= 0.6 is 0 Å².